The fourth-order valence-corrected chi connectivity index (χ4v) is 4.06. The third-order valence-electron chi connectivity index (χ3n) is 4.76. The summed E-state index contributed by atoms with van der Waals surface area (Å²) in [4.78, 5) is 43.0. The lowest BCUT2D eigenvalue weighted by atomic mass is 10.1. The fourth-order valence-electron chi connectivity index (χ4n) is 3.17. The molecule has 1 aliphatic rings. The van der Waals surface area contributed by atoms with E-state index in [0.29, 0.717) is 10.7 Å². The summed E-state index contributed by atoms with van der Waals surface area (Å²) in [5.74, 6) is -2.71. The molecule has 4 rings (SSSR count). The van der Waals surface area contributed by atoms with Crippen molar-refractivity contribution in [3.8, 4) is 17.3 Å². The quantitative estimate of drug-likeness (QED) is 0.609. The number of carbonyl (C=O) groups is 3. The molecule has 1 atom stereocenters. The van der Waals surface area contributed by atoms with Crippen LogP contribution in [0, 0.1) is 18.3 Å². The minimum absolute atomic E-state index is 0.273. The molecule has 2 amide bonds. The number of Topliss-reactive ketones (excluding diaryl/α,β-unsaturated/α-hetero) is 1. The highest BCUT2D eigenvalue weighted by atomic mass is 32.1. The van der Waals surface area contributed by atoms with Gasteiger partial charge in [-0.2, -0.15) is 5.26 Å². The lowest BCUT2D eigenvalue weighted by molar-refractivity contribution is -0.119. The first kappa shape index (κ1) is 18.7. The number of rotatable bonds is 5. The van der Waals surface area contributed by atoms with Crippen molar-refractivity contribution in [3.63, 3.8) is 0 Å². The van der Waals surface area contributed by atoms with E-state index in [1.807, 2.05) is 37.3 Å². The van der Waals surface area contributed by atoms with Crippen LogP contribution in [0.2, 0.25) is 0 Å². The van der Waals surface area contributed by atoms with Crippen molar-refractivity contribution in [2.75, 3.05) is 6.54 Å². The van der Waals surface area contributed by atoms with Gasteiger partial charge in [0.2, 0.25) is 0 Å². The number of hydrogen-bond donors (Lipinski definition) is 0. The molecule has 2 heterocycles. The van der Waals surface area contributed by atoms with E-state index in [2.05, 4.69) is 4.98 Å². The van der Waals surface area contributed by atoms with Crippen LogP contribution in [-0.4, -0.2) is 34.0 Å². The Kier molecular flexibility index (Phi) is 4.79. The van der Waals surface area contributed by atoms with Gasteiger partial charge >= 0.3 is 0 Å². The van der Waals surface area contributed by atoms with Crippen LogP contribution in [-0.2, 0) is 4.79 Å². The van der Waals surface area contributed by atoms with E-state index in [1.165, 1.54) is 11.3 Å². The molecule has 0 radical (unpaired) electrons. The molecule has 0 unspecified atom stereocenters. The molecule has 7 heteroatoms. The van der Waals surface area contributed by atoms with Crippen molar-refractivity contribution in [1.29, 1.82) is 5.26 Å². The minimum Gasteiger partial charge on any atom is -0.296 e. The number of imide groups is 1. The summed E-state index contributed by atoms with van der Waals surface area (Å²) in [5.41, 5.74) is 3.24. The standard InChI is InChI=1S/C22H15N3O3S/c1-13-6-8-14(9-7-13)18-12-29-20(24-18)17(10-23)19(26)11-25-21(27)15-4-2-3-5-16(15)22(25)28/h2-9,12,17H,11H2,1H3/t17-/m0/s1. The second kappa shape index (κ2) is 7.41. The summed E-state index contributed by atoms with van der Waals surface area (Å²) in [7, 11) is 0. The molecule has 1 aromatic heterocycles. The molecule has 0 bridgehead atoms. The summed E-state index contributed by atoms with van der Waals surface area (Å²) in [5, 5.41) is 11.7. The first-order chi connectivity index (χ1) is 14.0. The first-order valence-electron chi connectivity index (χ1n) is 8.89. The summed E-state index contributed by atoms with van der Waals surface area (Å²) >= 11 is 1.21. The molecule has 3 aromatic rings. The van der Waals surface area contributed by atoms with Gasteiger partial charge in [-0.25, -0.2) is 4.98 Å². The maximum absolute atomic E-state index is 12.8. The smallest absolute Gasteiger partial charge is 0.261 e. The molecule has 0 spiro atoms. The molecule has 0 saturated heterocycles. The van der Waals surface area contributed by atoms with Crippen molar-refractivity contribution in [3.05, 3.63) is 75.6 Å². The van der Waals surface area contributed by atoms with Crippen LogP contribution in [0.15, 0.2) is 53.9 Å². The molecular formula is C22H15N3O3S. The van der Waals surface area contributed by atoms with Crippen molar-refractivity contribution >= 4 is 28.9 Å². The third kappa shape index (κ3) is 3.35. The van der Waals surface area contributed by atoms with Gasteiger partial charge in [0.1, 0.15) is 5.01 Å². The molecule has 6 nitrogen and oxygen atoms in total. The number of hydrogen-bond acceptors (Lipinski definition) is 6. The number of benzene rings is 2. The lowest BCUT2D eigenvalue weighted by Gasteiger charge is -2.14. The Balaban J connectivity index is 1.54. The Bertz CT molecular complexity index is 1140. The number of ketones is 1. The van der Waals surface area contributed by atoms with Crippen LogP contribution < -0.4 is 0 Å². The normalized spacial score (nSPS) is 13.9. The Morgan fingerprint density at radius 1 is 1.10 bits per heavy atom. The van der Waals surface area contributed by atoms with Crippen LogP contribution in [0.3, 0.4) is 0 Å². The van der Waals surface area contributed by atoms with E-state index in [0.717, 1.165) is 16.0 Å². The van der Waals surface area contributed by atoms with E-state index in [4.69, 9.17) is 0 Å². The fraction of sp³-hybridized carbons (Fsp3) is 0.136. The number of aromatic nitrogens is 1. The van der Waals surface area contributed by atoms with Gasteiger partial charge < -0.3 is 0 Å². The van der Waals surface area contributed by atoms with Crippen LogP contribution >= 0.6 is 11.3 Å². The number of amides is 2. The Morgan fingerprint density at radius 3 is 2.31 bits per heavy atom. The molecule has 1 aliphatic heterocycles. The van der Waals surface area contributed by atoms with Crippen LogP contribution in [0.25, 0.3) is 11.3 Å². The molecular weight excluding hydrogens is 386 g/mol. The summed E-state index contributed by atoms with van der Waals surface area (Å²) in [6.45, 7) is 1.53. The number of carbonyl (C=O) groups excluding carboxylic acids is 3. The maximum atomic E-state index is 12.8. The zero-order valence-corrected chi connectivity index (χ0v) is 16.3. The van der Waals surface area contributed by atoms with E-state index in [9.17, 15) is 19.6 Å². The highest BCUT2D eigenvalue weighted by Gasteiger charge is 2.38. The van der Waals surface area contributed by atoms with Crippen molar-refractivity contribution in [2.45, 2.75) is 12.8 Å². The molecule has 0 saturated carbocycles. The van der Waals surface area contributed by atoms with Gasteiger partial charge in [-0.05, 0) is 19.1 Å². The Morgan fingerprint density at radius 2 is 1.72 bits per heavy atom. The number of nitriles is 1. The van der Waals surface area contributed by atoms with Crippen molar-refractivity contribution in [1.82, 2.24) is 9.88 Å². The predicted molar refractivity (Wildman–Crippen MR) is 107 cm³/mol. The average Bonchev–Trinajstić information content (AvgIpc) is 3.29. The SMILES string of the molecule is Cc1ccc(-c2csc([C@@H](C#N)C(=O)CN3C(=O)c4ccccc4C3=O)n2)cc1. The molecule has 0 aliphatic carbocycles. The Hall–Kier alpha value is -3.63. The van der Waals surface area contributed by atoms with Crippen LogP contribution in [0.5, 0.6) is 0 Å². The minimum atomic E-state index is -1.14. The van der Waals surface area contributed by atoms with Gasteiger partial charge in [-0.1, -0.05) is 42.0 Å². The van der Waals surface area contributed by atoms with Gasteiger partial charge in [0.15, 0.2) is 11.7 Å². The van der Waals surface area contributed by atoms with Crippen LogP contribution in [0.4, 0.5) is 0 Å². The molecule has 142 valence electrons. The van der Waals surface area contributed by atoms with Crippen molar-refractivity contribution < 1.29 is 14.4 Å². The first-order valence-corrected chi connectivity index (χ1v) is 9.77. The highest BCUT2D eigenvalue weighted by molar-refractivity contribution is 7.10. The van der Waals surface area contributed by atoms with Crippen molar-refractivity contribution in [2.24, 2.45) is 0 Å². The van der Waals surface area contributed by atoms with Crippen LogP contribution in [0.1, 0.15) is 37.2 Å². The highest BCUT2D eigenvalue weighted by Crippen LogP contribution is 2.28. The lowest BCUT2D eigenvalue weighted by Crippen LogP contribution is -2.36. The second-order valence-electron chi connectivity index (χ2n) is 6.71. The van der Waals surface area contributed by atoms with Gasteiger partial charge in [0.05, 0.1) is 29.4 Å². The maximum Gasteiger partial charge on any atom is 0.261 e. The van der Waals surface area contributed by atoms with E-state index in [-0.39, 0.29) is 11.1 Å². The Labute approximate surface area is 171 Å². The number of fused-ring (bicyclic) bond motifs is 1. The van der Waals surface area contributed by atoms with E-state index < -0.39 is 30.1 Å². The van der Waals surface area contributed by atoms with Gasteiger partial charge in [-0.3, -0.25) is 19.3 Å². The summed E-state index contributed by atoms with van der Waals surface area (Å²) < 4.78 is 0. The van der Waals surface area contributed by atoms with Gasteiger partial charge in [0.25, 0.3) is 11.8 Å². The third-order valence-corrected chi connectivity index (χ3v) is 5.67. The molecule has 29 heavy (non-hydrogen) atoms. The predicted octanol–water partition coefficient (Wildman–Crippen LogP) is 3.59. The average molecular weight is 401 g/mol. The van der Waals surface area contributed by atoms with E-state index in [1.54, 1.807) is 29.6 Å². The zero-order chi connectivity index (χ0) is 20.5. The second-order valence-corrected chi connectivity index (χ2v) is 7.60. The monoisotopic (exact) mass is 401 g/mol. The molecule has 2 aromatic carbocycles. The van der Waals surface area contributed by atoms with Gasteiger partial charge in [-0.15, -0.1) is 11.3 Å². The van der Waals surface area contributed by atoms with Gasteiger partial charge in [0, 0.05) is 10.9 Å². The molecule has 0 N–H and O–H groups in total. The zero-order valence-electron chi connectivity index (χ0n) is 15.5. The topological polar surface area (TPSA) is 91.1 Å². The largest absolute Gasteiger partial charge is 0.296 e. The molecule has 0 fully saturated rings. The number of thiazole rings is 1. The number of nitrogens with zero attached hydrogens (tertiary/aromatic N) is 3. The number of aryl methyl sites for hydroxylation is 1. The summed E-state index contributed by atoms with van der Waals surface area (Å²) in [6.07, 6.45) is 0. The summed E-state index contributed by atoms with van der Waals surface area (Å²) in [6, 6.07) is 16.2. The van der Waals surface area contributed by atoms with E-state index >= 15 is 0 Å².